The number of halogens is 1. The maximum absolute atomic E-state index is 13.6. The van der Waals surface area contributed by atoms with Gasteiger partial charge in [0.1, 0.15) is 5.75 Å². The van der Waals surface area contributed by atoms with E-state index in [9.17, 15) is 19.7 Å². The standard InChI is InChI=1S/C21H21ClN2O6/c1-4-30-20(26)21(17(12-24(27)28)13-5-7-14(22)8-6-13)16-11-15(29-3)9-10-18(16)23(2)19(21)25/h5-11,17H,4,12H2,1-3H3/t17-,21-/m1/s1. The van der Waals surface area contributed by atoms with Crippen LogP contribution in [-0.2, 0) is 19.7 Å². The average Bonchev–Trinajstić information content (AvgIpc) is 2.94. The number of anilines is 1. The molecule has 2 aromatic rings. The Balaban J connectivity index is 2.35. The topological polar surface area (TPSA) is 99.0 Å². The van der Waals surface area contributed by atoms with E-state index in [1.807, 2.05) is 0 Å². The number of ether oxygens (including phenoxy) is 2. The molecule has 2 aromatic carbocycles. The number of carbonyl (C=O) groups is 2. The number of hydrogen-bond donors (Lipinski definition) is 0. The number of methoxy groups -OCH3 is 1. The van der Waals surface area contributed by atoms with Crippen molar-refractivity contribution in [2.45, 2.75) is 18.3 Å². The van der Waals surface area contributed by atoms with Crippen LogP contribution in [0.25, 0.3) is 0 Å². The zero-order chi connectivity index (χ0) is 22.1. The van der Waals surface area contributed by atoms with Crippen molar-refractivity contribution in [2.24, 2.45) is 0 Å². The zero-order valence-electron chi connectivity index (χ0n) is 16.8. The lowest BCUT2D eigenvalue weighted by Gasteiger charge is -2.32. The summed E-state index contributed by atoms with van der Waals surface area (Å²) in [6.07, 6.45) is 0. The molecule has 0 saturated heterocycles. The minimum absolute atomic E-state index is 0.0165. The van der Waals surface area contributed by atoms with Crippen molar-refractivity contribution in [3.63, 3.8) is 0 Å². The highest BCUT2D eigenvalue weighted by Crippen LogP contribution is 2.51. The fourth-order valence-corrected chi connectivity index (χ4v) is 4.12. The fourth-order valence-electron chi connectivity index (χ4n) is 4.00. The summed E-state index contributed by atoms with van der Waals surface area (Å²) in [5.41, 5.74) is -0.720. The summed E-state index contributed by atoms with van der Waals surface area (Å²) < 4.78 is 10.6. The molecule has 0 aliphatic carbocycles. The van der Waals surface area contributed by atoms with Gasteiger partial charge in [0, 0.05) is 28.2 Å². The van der Waals surface area contributed by atoms with Crippen LogP contribution in [0.4, 0.5) is 5.69 Å². The number of rotatable bonds is 7. The van der Waals surface area contributed by atoms with Gasteiger partial charge < -0.3 is 14.4 Å². The number of nitro groups is 1. The molecular weight excluding hydrogens is 412 g/mol. The van der Waals surface area contributed by atoms with Gasteiger partial charge in [-0.25, -0.2) is 0 Å². The molecule has 0 saturated carbocycles. The molecule has 0 bridgehead atoms. The Morgan fingerprint density at radius 2 is 1.93 bits per heavy atom. The monoisotopic (exact) mass is 432 g/mol. The van der Waals surface area contributed by atoms with Gasteiger partial charge in [0.2, 0.25) is 12.5 Å². The van der Waals surface area contributed by atoms with E-state index in [2.05, 4.69) is 0 Å². The first-order chi connectivity index (χ1) is 14.3. The van der Waals surface area contributed by atoms with E-state index >= 15 is 0 Å². The number of likely N-dealkylation sites (N-methyl/N-ethyl adjacent to an activating group) is 1. The van der Waals surface area contributed by atoms with Crippen LogP contribution in [0.2, 0.25) is 5.02 Å². The first kappa shape index (κ1) is 21.6. The summed E-state index contributed by atoms with van der Waals surface area (Å²) in [7, 11) is 2.99. The minimum atomic E-state index is -1.93. The third-order valence-electron chi connectivity index (χ3n) is 5.36. The van der Waals surface area contributed by atoms with Crippen molar-refractivity contribution in [2.75, 3.05) is 32.2 Å². The third kappa shape index (κ3) is 3.37. The molecule has 9 heteroatoms. The van der Waals surface area contributed by atoms with Crippen molar-refractivity contribution in [1.29, 1.82) is 0 Å². The van der Waals surface area contributed by atoms with E-state index in [4.69, 9.17) is 21.1 Å². The van der Waals surface area contributed by atoms with Crippen LogP contribution in [0.15, 0.2) is 42.5 Å². The molecule has 1 heterocycles. The predicted molar refractivity (Wildman–Crippen MR) is 111 cm³/mol. The van der Waals surface area contributed by atoms with E-state index in [1.165, 1.54) is 19.1 Å². The van der Waals surface area contributed by atoms with E-state index in [0.29, 0.717) is 27.6 Å². The quantitative estimate of drug-likeness (QED) is 0.288. The van der Waals surface area contributed by atoms with E-state index in [0.717, 1.165) is 0 Å². The number of hydrogen-bond acceptors (Lipinski definition) is 6. The normalized spacial score (nSPS) is 18.7. The molecule has 0 radical (unpaired) electrons. The van der Waals surface area contributed by atoms with Crippen LogP contribution < -0.4 is 9.64 Å². The summed E-state index contributed by atoms with van der Waals surface area (Å²) >= 11 is 5.98. The number of nitrogens with zero attached hydrogens (tertiary/aromatic N) is 2. The molecule has 0 N–H and O–H groups in total. The fraction of sp³-hybridized carbons (Fsp3) is 0.333. The van der Waals surface area contributed by atoms with E-state index < -0.39 is 34.7 Å². The van der Waals surface area contributed by atoms with Crippen molar-refractivity contribution in [1.82, 2.24) is 0 Å². The Morgan fingerprint density at radius 1 is 1.27 bits per heavy atom. The largest absolute Gasteiger partial charge is 0.497 e. The lowest BCUT2D eigenvalue weighted by molar-refractivity contribution is -0.484. The zero-order valence-corrected chi connectivity index (χ0v) is 17.5. The molecule has 1 aliphatic rings. The molecule has 2 atom stereocenters. The molecule has 1 amide bonds. The van der Waals surface area contributed by atoms with Gasteiger partial charge in [-0.15, -0.1) is 0 Å². The molecular formula is C21H21ClN2O6. The van der Waals surface area contributed by atoms with Crippen molar-refractivity contribution < 1.29 is 24.0 Å². The predicted octanol–water partition coefficient (Wildman–Crippen LogP) is 3.19. The molecule has 3 rings (SSSR count). The van der Waals surface area contributed by atoms with Gasteiger partial charge in [0.15, 0.2) is 5.41 Å². The number of amides is 1. The van der Waals surface area contributed by atoms with E-state index in [-0.39, 0.29) is 6.61 Å². The Hall–Kier alpha value is -3.13. The van der Waals surface area contributed by atoms with Crippen LogP contribution in [-0.4, -0.2) is 44.1 Å². The number of benzene rings is 2. The summed E-state index contributed by atoms with van der Waals surface area (Å²) in [6, 6.07) is 11.2. The van der Waals surface area contributed by atoms with Gasteiger partial charge in [0.25, 0.3) is 0 Å². The molecule has 0 aromatic heterocycles. The average molecular weight is 433 g/mol. The molecule has 158 valence electrons. The van der Waals surface area contributed by atoms with E-state index in [1.54, 1.807) is 49.4 Å². The van der Waals surface area contributed by atoms with Crippen LogP contribution in [0.3, 0.4) is 0 Å². The van der Waals surface area contributed by atoms with Gasteiger partial charge in [-0.3, -0.25) is 19.7 Å². The molecule has 8 nitrogen and oxygen atoms in total. The Kier molecular flexibility index (Phi) is 5.98. The lowest BCUT2D eigenvalue weighted by Crippen LogP contribution is -2.52. The lowest BCUT2D eigenvalue weighted by atomic mass is 9.68. The SMILES string of the molecule is CCOC(=O)[C@]1([C@H](C[N+](=O)[O-])c2ccc(Cl)cc2)C(=O)N(C)c2ccc(OC)cc21. The summed E-state index contributed by atoms with van der Waals surface area (Å²) in [6.45, 7) is 0.978. The van der Waals surface area contributed by atoms with Crippen LogP contribution in [0.1, 0.15) is 24.0 Å². The molecule has 30 heavy (non-hydrogen) atoms. The maximum atomic E-state index is 13.6. The molecule has 0 fully saturated rings. The smallest absolute Gasteiger partial charge is 0.327 e. The van der Waals surface area contributed by atoms with Crippen molar-refractivity contribution in [3.8, 4) is 5.75 Å². The summed E-state index contributed by atoms with van der Waals surface area (Å²) in [5, 5.41) is 12.1. The first-order valence-corrected chi connectivity index (χ1v) is 9.66. The molecule has 0 unspecified atom stereocenters. The maximum Gasteiger partial charge on any atom is 0.327 e. The highest BCUT2D eigenvalue weighted by atomic mass is 35.5. The highest BCUT2D eigenvalue weighted by Gasteiger charge is 2.63. The minimum Gasteiger partial charge on any atom is -0.497 e. The number of esters is 1. The Bertz CT molecular complexity index is 993. The number of fused-ring (bicyclic) bond motifs is 1. The van der Waals surface area contributed by atoms with Gasteiger partial charge in [0.05, 0.1) is 19.6 Å². The van der Waals surface area contributed by atoms with Crippen LogP contribution in [0.5, 0.6) is 5.75 Å². The summed E-state index contributed by atoms with van der Waals surface area (Å²) in [5.74, 6) is -2.13. The van der Waals surface area contributed by atoms with Gasteiger partial charge in [-0.1, -0.05) is 23.7 Å². The third-order valence-corrected chi connectivity index (χ3v) is 5.61. The van der Waals surface area contributed by atoms with Crippen LogP contribution >= 0.6 is 11.6 Å². The second-order valence-corrected chi connectivity index (χ2v) is 7.33. The van der Waals surface area contributed by atoms with Gasteiger partial charge >= 0.3 is 5.97 Å². The molecule has 1 aliphatic heterocycles. The number of carbonyl (C=O) groups excluding carboxylic acids is 2. The van der Waals surface area contributed by atoms with Gasteiger partial charge in [-0.05, 0) is 42.8 Å². The first-order valence-electron chi connectivity index (χ1n) is 9.28. The highest BCUT2D eigenvalue weighted by molar-refractivity contribution is 6.30. The van der Waals surface area contributed by atoms with Crippen LogP contribution in [0, 0.1) is 10.1 Å². The van der Waals surface area contributed by atoms with Crippen molar-refractivity contribution in [3.05, 3.63) is 68.7 Å². The Morgan fingerprint density at radius 3 is 2.50 bits per heavy atom. The second kappa shape index (κ2) is 8.31. The summed E-state index contributed by atoms with van der Waals surface area (Å²) in [4.78, 5) is 39.4. The molecule has 0 spiro atoms. The Labute approximate surface area is 178 Å². The second-order valence-electron chi connectivity index (χ2n) is 6.90. The van der Waals surface area contributed by atoms with Gasteiger partial charge in [-0.2, -0.15) is 0 Å². The van der Waals surface area contributed by atoms with Crippen molar-refractivity contribution >= 4 is 29.2 Å².